The van der Waals surface area contributed by atoms with Crippen molar-refractivity contribution in [3.63, 3.8) is 0 Å². The van der Waals surface area contributed by atoms with E-state index in [0.29, 0.717) is 34.2 Å². The topological polar surface area (TPSA) is 64.6 Å². The van der Waals surface area contributed by atoms with Crippen LogP contribution in [0.1, 0.15) is 42.7 Å². The van der Waals surface area contributed by atoms with Gasteiger partial charge in [0.2, 0.25) is 0 Å². The number of carbonyl (C=O) groups excluding carboxylic acids is 2. The van der Waals surface area contributed by atoms with Gasteiger partial charge in [-0.05, 0) is 55.2 Å². The van der Waals surface area contributed by atoms with Crippen LogP contribution in [-0.4, -0.2) is 25.0 Å². The van der Waals surface area contributed by atoms with Crippen LogP contribution in [0, 0.1) is 5.82 Å². The van der Waals surface area contributed by atoms with E-state index in [1.807, 2.05) is 54.6 Å². The second kappa shape index (κ2) is 11.2. The van der Waals surface area contributed by atoms with Gasteiger partial charge in [0, 0.05) is 34.0 Å². The van der Waals surface area contributed by atoms with Crippen LogP contribution in [0.2, 0.25) is 5.02 Å². The van der Waals surface area contributed by atoms with E-state index in [1.54, 1.807) is 25.1 Å². The molecule has 2 aliphatic rings. The Morgan fingerprint density at radius 1 is 0.974 bits per heavy atom. The first-order chi connectivity index (χ1) is 18.4. The summed E-state index contributed by atoms with van der Waals surface area (Å²) in [6.45, 7) is 1.92. The van der Waals surface area contributed by atoms with E-state index in [0.717, 1.165) is 5.56 Å². The first kappa shape index (κ1) is 25.7. The summed E-state index contributed by atoms with van der Waals surface area (Å²) < 4.78 is 26.3. The highest BCUT2D eigenvalue weighted by Gasteiger charge is 2.42. The maximum absolute atomic E-state index is 15.1. The molecule has 0 bridgehead atoms. The Kier molecular flexibility index (Phi) is 7.61. The minimum atomic E-state index is -0.867. The molecule has 3 aromatic rings. The third-order valence-electron chi connectivity index (χ3n) is 6.93. The Balaban J connectivity index is 1.42. The molecule has 5 nitrogen and oxygen atoms in total. The summed E-state index contributed by atoms with van der Waals surface area (Å²) >= 11 is 6.05. The number of ether oxygens (including phenoxy) is 2. The molecule has 7 heteroatoms. The molecule has 0 aromatic heterocycles. The number of carbonyl (C=O) groups is 2. The second-order valence-electron chi connectivity index (χ2n) is 9.39. The highest BCUT2D eigenvalue weighted by Crippen LogP contribution is 2.46. The predicted octanol–water partition coefficient (Wildman–Crippen LogP) is 6.46. The normalized spacial score (nSPS) is 19.1. The molecule has 1 aliphatic carbocycles. The van der Waals surface area contributed by atoms with Crippen LogP contribution in [-0.2, 0) is 14.3 Å². The zero-order valence-corrected chi connectivity index (χ0v) is 21.6. The third-order valence-corrected chi connectivity index (χ3v) is 7.19. The average Bonchev–Trinajstić information content (AvgIpc) is 2.91. The molecule has 38 heavy (non-hydrogen) atoms. The van der Waals surface area contributed by atoms with Crippen LogP contribution in [0.5, 0.6) is 5.75 Å². The number of benzene rings is 3. The van der Waals surface area contributed by atoms with Crippen molar-refractivity contribution in [3.05, 3.63) is 123 Å². The molecule has 1 N–H and O–H groups in total. The molecule has 3 aromatic carbocycles. The first-order valence-corrected chi connectivity index (χ1v) is 12.9. The van der Waals surface area contributed by atoms with E-state index in [1.165, 1.54) is 6.07 Å². The van der Waals surface area contributed by atoms with Crippen molar-refractivity contribution in [3.8, 4) is 5.75 Å². The van der Waals surface area contributed by atoms with Crippen LogP contribution in [0.15, 0.2) is 101 Å². The molecule has 0 spiro atoms. The summed E-state index contributed by atoms with van der Waals surface area (Å²) in [4.78, 5) is 27.0. The van der Waals surface area contributed by atoms with E-state index in [4.69, 9.17) is 21.1 Å². The highest BCUT2D eigenvalue weighted by atomic mass is 35.5. The maximum atomic E-state index is 15.1. The summed E-state index contributed by atoms with van der Waals surface area (Å²) in [5, 5.41) is 3.91. The molecule has 5 rings (SSSR count). The van der Waals surface area contributed by atoms with Gasteiger partial charge in [-0.3, -0.25) is 4.79 Å². The van der Waals surface area contributed by atoms with Crippen molar-refractivity contribution in [2.75, 3.05) is 13.2 Å². The van der Waals surface area contributed by atoms with Crippen molar-refractivity contribution < 1.29 is 23.5 Å². The summed E-state index contributed by atoms with van der Waals surface area (Å²) in [6.07, 6.45) is 0.803. The lowest BCUT2D eigenvalue weighted by molar-refractivity contribution is -0.140. The molecule has 0 unspecified atom stereocenters. The molecule has 2 atom stereocenters. The third kappa shape index (κ3) is 5.36. The second-order valence-corrected chi connectivity index (χ2v) is 9.82. The lowest BCUT2D eigenvalue weighted by Crippen LogP contribution is -2.36. The van der Waals surface area contributed by atoms with Gasteiger partial charge in [-0.25, -0.2) is 9.18 Å². The number of para-hydroxylation sites is 1. The van der Waals surface area contributed by atoms with Crippen LogP contribution in [0.3, 0.4) is 0 Å². The Morgan fingerprint density at radius 3 is 2.42 bits per heavy atom. The predicted molar refractivity (Wildman–Crippen MR) is 143 cm³/mol. The lowest BCUT2D eigenvalue weighted by Gasteiger charge is -2.36. The highest BCUT2D eigenvalue weighted by molar-refractivity contribution is 6.30. The number of nitrogens with one attached hydrogen (secondary N) is 1. The number of ketones is 1. The number of Topliss-reactive ketones (excluding diaryl/α,β-unsaturated/α-hetero) is 1. The molecule has 0 saturated carbocycles. The summed E-state index contributed by atoms with van der Waals surface area (Å²) in [6, 6.07) is 22.9. The molecular weight excluding hydrogens is 505 g/mol. The number of hydrogen-bond acceptors (Lipinski definition) is 5. The van der Waals surface area contributed by atoms with Crippen LogP contribution in [0.25, 0.3) is 0 Å². The maximum Gasteiger partial charge on any atom is 0.336 e. The number of halogens is 2. The van der Waals surface area contributed by atoms with Gasteiger partial charge in [0.25, 0.3) is 0 Å². The van der Waals surface area contributed by atoms with Gasteiger partial charge < -0.3 is 14.8 Å². The largest absolute Gasteiger partial charge is 0.490 e. The molecule has 0 saturated heterocycles. The number of allylic oxidation sites excluding steroid dienone is 3. The van der Waals surface area contributed by atoms with Crippen molar-refractivity contribution in [2.45, 2.75) is 31.6 Å². The van der Waals surface area contributed by atoms with Crippen LogP contribution in [0.4, 0.5) is 4.39 Å². The van der Waals surface area contributed by atoms with Crippen molar-refractivity contribution in [1.29, 1.82) is 0 Å². The zero-order chi connectivity index (χ0) is 26.6. The Hall–Kier alpha value is -3.90. The number of dihydropyridines is 1. The van der Waals surface area contributed by atoms with E-state index in [9.17, 15) is 9.59 Å². The Bertz CT molecular complexity index is 1420. The molecule has 1 aliphatic heterocycles. The Morgan fingerprint density at radius 2 is 1.68 bits per heavy atom. The van der Waals surface area contributed by atoms with Crippen LogP contribution >= 0.6 is 11.6 Å². The summed E-state index contributed by atoms with van der Waals surface area (Å²) in [7, 11) is 0. The van der Waals surface area contributed by atoms with Crippen LogP contribution < -0.4 is 10.1 Å². The molecule has 0 radical (unpaired) electrons. The molecule has 0 amide bonds. The van der Waals surface area contributed by atoms with E-state index in [2.05, 4.69) is 5.32 Å². The van der Waals surface area contributed by atoms with E-state index >= 15 is 4.39 Å². The SMILES string of the molecule is CC1=C(C(=O)OCCOc2ccccc2)[C@H](c2ccccc2F)C2=C(C[C@H](c3ccc(Cl)cc3)CC2=O)N1. The van der Waals surface area contributed by atoms with E-state index in [-0.39, 0.29) is 42.5 Å². The zero-order valence-electron chi connectivity index (χ0n) is 20.9. The van der Waals surface area contributed by atoms with Gasteiger partial charge in [-0.2, -0.15) is 0 Å². The molecule has 1 heterocycles. The summed E-state index contributed by atoms with van der Waals surface area (Å²) in [5.41, 5.74) is 3.16. The molecular formula is C31H27ClFNO4. The molecule has 0 fully saturated rings. The van der Waals surface area contributed by atoms with Gasteiger partial charge in [0.05, 0.1) is 11.5 Å². The quantitative estimate of drug-likeness (QED) is 0.280. The minimum absolute atomic E-state index is 0.00694. The fraction of sp³-hybridized carbons (Fsp3) is 0.226. The minimum Gasteiger partial charge on any atom is -0.490 e. The van der Waals surface area contributed by atoms with E-state index < -0.39 is 17.7 Å². The summed E-state index contributed by atoms with van der Waals surface area (Å²) in [5.74, 6) is -1.47. The van der Waals surface area contributed by atoms with Gasteiger partial charge >= 0.3 is 5.97 Å². The van der Waals surface area contributed by atoms with Gasteiger partial charge in [0.1, 0.15) is 24.8 Å². The fourth-order valence-electron chi connectivity index (χ4n) is 5.19. The number of hydrogen-bond donors (Lipinski definition) is 1. The standard InChI is InChI=1S/C31H27ClFNO4/c1-19-28(31(36)38-16-15-37-23-7-3-2-4-8-23)29(24-9-5-6-10-25(24)33)30-26(34-19)17-21(18-27(30)35)20-11-13-22(32)14-12-20/h2-14,21,29,34H,15-18H2,1H3/t21-,29-/m0/s1. The lowest BCUT2D eigenvalue weighted by atomic mass is 9.71. The van der Waals surface area contributed by atoms with Gasteiger partial charge in [-0.15, -0.1) is 0 Å². The van der Waals surface area contributed by atoms with Crippen molar-refractivity contribution in [2.24, 2.45) is 0 Å². The number of rotatable bonds is 7. The number of esters is 1. The Labute approximate surface area is 225 Å². The first-order valence-electron chi connectivity index (χ1n) is 12.5. The van der Waals surface area contributed by atoms with Gasteiger partial charge in [0.15, 0.2) is 5.78 Å². The van der Waals surface area contributed by atoms with Crippen molar-refractivity contribution in [1.82, 2.24) is 5.32 Å². The van der Waals surface area contributed by atoms with Gasteiger partial charge in [-0.1, -0.05) is 60.1 Å². The monoisotopic (exact) mass is 531 g/mol. The fourth-order valence-corrected chi connectivity index (χ4v) is 5.31. The van der Waals surface area contributed by atoms with Crippen molar-refractivity contribution >= 4 is 23.4 Å². The average molecular weight is 532 g/mol. The smallest absolute Gasteiger partial charge is 0.336 e. The molecule has 194 valence electrons.